The van der Waals surface area contributed by atoms with E-state index in [2.05, 4.69) is 15.9 Å². The summed E-state index contributed by atoms with van der Waals surface area (Å²) in [5, 5.41) is 0. The lowest BCUT2D eigenvalue weighted by atomic mass is 10.2. The van der Waals surface area contributed by atoms with Crippen molar-refractivity contribution in [3.63, 3.8) is 0 Å². The Kier molecular flexibility index (Phi) is 4.65. The van der Waals surface area contributed by atoms with Gasteiger partial charge in [0.05, 0.1) is 5.52 Å². The molecule has 8 heteroatoms. The Morgan fingerprint density at radius 2 is 1.93 bits per heavy atom. The molecule has 1 aliphatic heterocycles. The molecule has 0 N–H and O–H groups in total. The predicted molar refractivity (Wildman–Crippen MR) is 100 cm³/mol. The molecule has 27 heavy (non-hydrogen) atoms. The van der Waals surface area contributed by atoms with Crippen LogP contribution in [0, 0.1) is 0 Å². The van der Waals surface area contributed by atoms with Crippen molar-refractivity contribution in [2.24, 2.45) is 0 Å². The second-order valence-corrected chi connectivity index (χ2v) is 6.93. The van der Waals surface area contributed by atoms with E-state index in [9.17, 15) is 9.59 Å². The van der Waals surface area contributed by atoms with E-state index in [1.807, 2.05) is 0 Å². The van der Waals surface area contributed by atoms with Gasteiger partial charge in [0.25, 0.3) is 0 Å². The molecule has 1 atom stereocenters. The van der Waals surface area contributed by atoms with Crippen LogP contribution in [0.4, 0.5) is 0 Å². The highest BCUT2D eigenvalue weighted by atomic mass is 79.9. The van der Waals surface area contributed by atoms with Gasteiger partial charge < -0.3 is 18.6 Å². The predicted octanol–water partition coefficient (Wildman–Crippen LogP) is 3.43. The van der Waals surface area contributed by atoms with Crippen molar-refractivity contribution in [1.82, 2.24) is 4.57 Å². The molecule has 0 spiro atoms. The zero-order chi connectivity index (χ0) is 19.0. The quantitative estimate of drug-likeness (QED) is 0.586. The summed E-state index contributed by atoms with van der Waals surface area (Å²) in [5.74, 6) is 0.125. The number of halogens is 1. The van der Waals surface area contributed by atoms with E-state index in [-0.39, 0.29) is 6.61 Å². The molecule has 0 amide bonds. The number of fused-ring (bicyclic) bond motifs is 2. The molecule has 3 aromatic rings. The van der Waals surface area contributed by atoms with Gasteiger partial charge in [-0.15, -0.1) is 0 Å². The van der Waals surface area contributed by atoms with E-state index in [1.54, 1.807) is 43.3 Å². The van der Waals surface area contributed by atoms with E-state index in [1.165, 1.54) is 4.57 Å². The summed E-state index contributed by atoms with van der Waals surface area (Å²) in [5.41, 5.74) is 1.72. The second kappa shape index (κ2) is 7.11. The SMILES string of the molecule is CC(C(=O)OCc1cc2c(cc1Br)OCCO2)n1c(=O)oc2ccccc21. The molecule has 0 bridgehead atoms. The summed E-state index contributed by atoms with van der Waals surface area (Å²) >= 11 is 3.45. The number of carbonyl (C=O) groups is 1. The van der Waals surface area contributed by atoms with Gasteiger partial charge in [0, 0.05) is 10.0 Å². The Morgan fingerprint density at radius 1 is 1.22 bits per heavy atom. The van der Waals surface area contributed by atoms with Crippen LogP contribution in [0.5, 0.6) is 11.5 Å². The first-order chi connectivity index (χ1) is 13.0. The summed E-state index contributed by atoms with van der Waals surface area (Å²) in [6.07, 6.45) is 0. The highest BCUT2D eigenvalue weighted by Gasteiger charge is 2.23. The monoisotopic (exact) mass is 433 g/mol. The lowest BCUT2D eigenvalue weighted by Gasteiger charge is -2.20. The number of benzene rings is 2. The molecule has 140 valence electrons. The lowest BCUT2D eigenvalue weighted by molar-refractivity contribution is -0.148. The number of rotatable bonds is 4. The smallest absolute Gasteiger partial charge is 0.420 e. The molecule has 0 saturated heterocycles. The molecule has 0 fully saturated rings. The molecular formula is C19H16BrNO6. The van der Waals surface area contributed by atoms with Crippen LogP contribution in [0.1, 0.15) is 18.5 Å². The van der Waals surface area contributed by atoms with Crippen LogP contribution in [-0.4, -0.2) is 23.8 Å². The van der Waals surface area contributed by atoms with Crippen molar-refractivity contribution in [3.05, 3.63) is 57.0 Å². The van der Waals surface area contributed by atoms with E-state index in [0.29, 0.717) is 35.8 Å². The van der Waals surface area contributed by atoms with Crippen LogP contribution in [0.15, 0.2) is 50.1 Å². The minimum atomic E-state index is -0.822. The first kappa shape index (κ1) is 17.7. The van der Waals surface area contributed by atoms with E-state index >= 15 is 0 Å². The van der Waals surface area contributed by atoms with E-state index in [0.717, 1.165) is 10.0 Å². The molecule has 1 unspecified atom stereocenters. The standard InChI is InChI=1S/C19H16BrNO6/c1-11(21-14-4-2-3-5-15(14)27-19(21)23)18(22)26-10-12-8-16-17(9-13(12)20)25-7-6-24-16/h2-5,8-9,11H,6-7,10H2,1H3. The van der Waals surface area contributed by atoms with Crippen LogP contribution in [-0.2, 0) is 16.1 Å². The fourth-order valence-corrected chi connectivity index (χ4v) is 3.38. The van der Waals surface area contributed by atoms with Crippen LogP contribution in [0.2, 0.25) is 0 Å². The van der Waals surface area contributed by atoms with Gasteiger partial charge in [0.1, 0.15) is 25.9 Å². The van der Waals surface area contributed by atoms with Crippen molar-refractivity contribution >= 4 is 33.0 Å². The third-order valence-corrected chi connectivity index (χ3v) is 5.07. The maximum atomic E-state index is 12.5. The Labute approximate surface area is 162 Å². The molecule has 4 rings (SSSR count). The van der Waals surface area contributed by atoms with Gasteiger partial charge in [-0.2, -0.15) is 0 Å². The zero-order valence-electron chi connectivity index (χ0n) is 14.4. The minimum Gasteiger partial charge on any atom is -0.486 e. The molecule has 0 saturated carbocycles. The minimum absolute atomic E-state index is 0.0327. The van der Waals surface area contributed by atoms with Gasteiger partial charge in [-0.1, -0.05) is 28.1 Å². The molecular weight excluding hydrogens is 418 g/mol. The maximum Gasteiger partial charge on any atom is 0.420 e. The van der Waals surface area contributed by atoms with Crippen LogP contribution >= 0.6 is 15.9 Å². The van der Waals surface area contributed by atoms with Gasteiger partial charge >= 0.3 is 11.7 Å². The number of nitrogens with zero attached hydrogens (tertiary/aromatic N) is 1. The van der Waals surface area contributed by atoms with Crippen molar-refractivity contribution in [2.75, 3.05) is 13.2 Å². The topological polar surface area (TPSA) is 79.9 Å². The van der Waals surface area contributed by atoms with Crippen molar-refractivity contribution in [3.8, 4) is 11.5 Å². The molecule has 1 aliphatic rings. The number of para-hydroxylation sites is 2. The highest BCUT2D eigenvalue weighted by molar-refractivity contribution is 9.10. The Balaban J connectivity index is 1.52. The third-order valence-electron chi connectivity index (χ3n) is 4.33. The second-order valence-electron chi connectivity index (χ2n) is 6.08. The van der Waals surface area contributed by atoms with Crippen molar-refractivity contribution in [2.45, 2.75) is 19.6 Å². The normalized spacial score (nSPS) is 14.1. The summed E-state index contributed by atoms with van der Waals surface area (Å²) in [6, 6.07) is 9.68. The highest BCUT2D eigenvalue weighted by Crippen LogP contribution is 2.36. The summed E-state index contributed by atoms with van der Waals surface area (Å²) in [6.45, 7) is 2.61. The summed E-state index contributed by atoms with van der Waals surface area (Å²) in [7, 11) is 0. The van der Waals surface area contributed by atoms with Gasteiger partial charge in [-0.3, -0.25) is 4.57 Å². The fraction of sp³-hybridized carbons (Fsp3) is 0.263. The molecule has 0 aliphatic carbocycles. The van der Waals surface area contributed by atoms with E-state index < -0.39 is 17.8 Å². The van der Waals surface area contributed by atoms with Crippen LogP contribution < -0.4 is 15.2 Å². The van der Waals surface area contributed by atoms with Crippen LogP contribution in [0.25, 0.3) is 11.1 Å². The third kappa shape index (κ3) is 3.32. The van der Waals surface area contributed by atoms with Gasteiger partial charge in [0.15, 0.2) is 17.1 Å². The zero-order valence-corrected chi connectivity index (χ0v) is 16.0. The lowest BCUT2D eigenvalue weighted by Crippen LogP contribution is -2.26. The Morgan fingerprint density at radius 3 is 2.70 bits per heavy atom. The Bertz CT molecular complexity index is 1070. The number of hydrogen-bond acceptors (Lipinski definition) is 6. The van der Waals surface area contributed by atoms with Gasteiger partial charge in [0.2, 0.25) is 0 Å². The van der Waals surface area contributed by atoms with Gasteiger partial charge in [-0.05, 0) is 31.2 Å². The van der Waals surface area contributed by atoms with Crippen molar-refractivity contribution < 1.29 is 23.4 Å². The molecule has 2 aromatic carbocycles. The molecule has 1 aromatic heterocycles. The number of esters is 1. The number of oxazole rings is 1. The van der Waals surface area contributed by atoms with Gasteiger partial charge in [-0.25, -0.2) is 9.59 Å². The largest absolute Gasteiger partial charge is 0.486 e. The first-order valence-electron chi connectivity index (χ1n) is 8.39. The summed E-state index contributed by atoms with van der Waals surface area (Å²) < 4.78 is 23.7. The average Bonchev–Trinajstić information content (AvgIpc) is 3.01. The first-order valence-corrected chi connectivity index (χ1v) is 9.18. The number of hydrogen-bond donors (Lipinski definition) is 0. The van der Waals surface area contributed by atoms with Crippen LogP contribution in [0.3, 0.4) is 0 Å². The van der Waals surface area contributed by atoms with E-state index in [4.69, 9.17) is 18.6 Å². The summed E-state index contributed by atoms with van der Waals surface area (Å²) in [4.78, 5) is 24.6. The molecule has 2 heterocycles. The number of ether oxygens (including phenoxy) is 3. The Hall–Kier alpha value is -2.74. The molecule has 0 radical (unpaired) electrons. The average molecular weight is 434 g/mol. The number of aromatic nitrogens is 1. The fourth-order valence-electron chi connectivity index (χ4n) is 2.94. The van der Waals surface area contributed by atoms with Crippen molar-refractivity contribution in [1.29, 1.82) is 0 Å². The maximum absolute atomic E-state index is 12.5. The number of carbonyl (C=O) groups excluding carboxylic acids is 1. The molecule has 7 nitrogen and oxygen atoms in total.